The van der Waals surface area contributed by atoms with Gasteiger partial charge in [0.25, 0.3) is 0 Å². The van der Waals surface area contributed by atoms with Crippen molar-refractivity contribution in [1.82, 2.24) is 20.1 Å². The Kier molecular flexibility index (Phi) is 6.24. The Hall–Kier alpha value is -3.10. The van der Waals surface area contributed by atoms with Gasteiger partial charge in [0.2, 0.25) is 5.91 Å². The highest BCUT2D eigenvalue weighted by Gasteiger charge is 2.32. The van der Waals surface area contributed by atoms with Gasteiger partial charge in [-0.3, -0.25) is 9.48 Å². The van der Waals surface area contributed by atoms with Crippen molar-refractivity contribution in [3.63, 3.8) is 0 Å². The average Bonchev–Trinajstić information content (AvgIpc) is 3.11. The number of aromatic hydroxyl groups is 1. The van der Waals surface area contributed by atoms with E-state index in [4.69, 9.17) is 0 Å². The van der Waals surface area contributed by atoms with E-state index in [2.05, 4.69) is 15.4 Å². The first-order valence-corrected chi connectivity index (χ1v) is 10.2. The first kappa shape index (κ1) is 22.6. The number of phenols is 1. The quantitative estimate of drug-likeness (QED) is 0.595. The average molecular weight is 434 g/mol. The van der Waals surface area contributed by atoms with Crippen LogP contribution in [0.25, 0.3) is 22.3 Å². The lowest BCUT2D eigenvalue weighted by molar-refractivity contribution is -0.137. The number of aromatic nitrogens is 3. The maximum atomic E-state index is 13.0. The van der Waals surface area contributed by atoms with Crippen molar-refractivity contribution in [2.45, 2.75) is 58.8 Å². The summed E-state index contributed by atoms with van der Waals surface area (Å²) in [6.45, 7) is 7.41. The van der Waals surface area contributed by atoms with E-state index in [1.807, 2.05) is 27.0 Å². The molecule has 0 aliphatic carbocycles. The van der Waals surface area contributed by atoms with E-state index in [1.165, 1.54) is 6.92 Å². The fourth-order valence-corrected chi connectivity index (χ4v) is 3.81. The van der Waals surface area contributed by atoms with Crippen molar-refractivity contribution >= 4 is 16.9 Å². The minimum atomic E-state index is -4.54. The van der Waals surface area contributed by atoms with E-state index >= 15 is 0 Å². The van der Waals surface area contributed by atoms with Crippen molar-refractivity contribution in [2.75, 3.05) is 0 Å². The van der Waals surface area contributed by atoms with Crippen molar-refractivity contribution in [3.8, 4) is 17.0 Å². The second kappa shape index (κ2) is 8.56. The topological polar surface area (TPSA) is 80.0 Å². The van der Waals surface area contributed by atoms with Gasteiger partial charge in [-0.15, -0.1) is 0 Å². The lowest BCUT2D eigenvalue weighted by Crippen LogP contribution is -2.43. The molecule has 31 heavy (non-hydrogen) atoms. The van der Waals surface area contributed by atoms with Crippen LogP contribution in [0.4, 0.5) is 13.2 Å². The molecule has 1 aliphatic heterocycles. The Bertz CT molecular complexity index is 1080. The normalized spacial score (nSPS) is 19.0. The van der Waals surface area contributed by atoms with Crippen LogP contribution < -0.4 is 5.32 Å². The van der Waals surface area contributed by atoms with Gasteiger partial charge in [0.05, 0.1) is 17.3 Å². The molecule has 0 spiro atoms. The maximum Gasteiger partial charge on any atom is 0.416 e. The molecule has 0 radical (unpaired) electrons. The predicted octanol–water partition coefficient (Wildman–Crippen LogP) is 5.00. The number of rotatable bonds is 2. The van der Waals surface area contributed by atoms with Crippen molar-refractivity contribution in [2.24, 2.45) is 0 Å². The van der Waals surface area contributed by atoms with Crippen LogP contribution in [0.15, 0.2) is 30.5 Å². The molecule has 3 heterocycles. The Labute approximate surface area is 178 Å². The van der Waals surface area contributed by atoms with Crippen molar-refractivity contribution in [3.05, 3.63) is 41.6 Å². The van der Waals surface area contributed by atoms with Crippen LogP contribution in [0.2, 0.25) is 0 Å². The second-order valence-electron chi connectivity index (χ2n) is 7.37. The molecule has 1 amide bonds. The lowest BCUT2D eigenvalue weighted by Gasteiger charge is -2.29. The van der Waals surface area contributed by atoms with Crippen LogP contribution in [-0.4, -0.2) is 31.8 Å². The molecule has 9 heteroatoms. The summed E-state index contributed by atoms with van der Waals surface area (Å²) in [5, 5.41) is 18.4. The minimum Gasteiger partial charge on any atom is -0.507 e. The summed E-state index contributed by atoms with van der Waals surface area (Å²) >= 11 is 0. The number of piperidine rings is 1. The second-order valence-corrected chi connectivity index (χ2v) is 7.37. The van der Waals surface area contributed by atoms with E-state index in [0.29, 0.717) is 30.2 Å². The van der Waals surface area contributed by atoms with Crippen molar-refractivity contribution in [1.29, 1.82) is 0 Å². The number of fused-ring (bicyclic) bond motifs is 1. The van der Waals surface area contributed by atoms with Crippen LogP contribution >= 0.6 is 0 Å². The van der Waals surface area contributed by atoms with E-state index in [9.17, 15) is 23.1 Å². The third kappa shape index (κ3) is 4.50. The number of nitrogens with one attached hydrogen (secondary N) is 1. The Morgan fingerprint density at radius 3 is 2.55 bits per heavy atom. The number of phenolic OH excluding ortho intramolecular Hbond substituents is 1. The molecule has 1 fully saturated rings. The Balaban J connectivity index is 0.00000132. The van der Waals surface area contributed by atoms with Gasteiger partial charge in [-0.25, -0.2) is 4.98 Å². The van der Waals surface area contributed by atoms with Gasteiger partial charge in [0.1, 0.15) is 5.75 Å². The third-order valence-corrected chi connectivity index (χ3v) is 5.26. The summed E-state index contributed by atoms with van der Waals surface area (Å²) < 4.78 is 40.6. The number of pyridine rings is 1. The highest BCUT2D eigenvalue weighted by Crippen LogP contribution is 2.38. The number of benzene rings is 1. The molecule has 1 aromatic carbocycles. The molecule has 0 saturated carbocycles. The fourth-order valence-electron chi connectivity index (χ4n) is 3.81. The van der Waals surface area contributed by atoms with Crippen LogP contribution in [0.1, 0.15) is 50.8 Å². The lowest BCUT2D eigenvalue weighted by atomic mass is 9.99. The van der Waals surface area contributed by atoms with E-state index in [0.717, 1.165) is 11.5 Å². The van der Waals surface area contributed by atoms with Crippen LogP contribution in [0.5, 0.6) is 5.75 Å². The fraction of sp³-hybridized carbons (Fsp3) is 0.409. The monoisotopic (exact) mass is 434 g/mol. The molecule has 2 aromatic heterocycles. The number of alkyl halides is 3. The molecule has 2 N–H and O–H groups in total. The largest absolute Gasteiger partial charge is 0.507 e. The highest BCUT2D eigenvalue weighted by molar-refractivity contribution is 5.81. The van der Waals surface area contributed by atoms with Gasteiger partial charge in [-0.2, -0.15) is 18.3 Å². The number of nitrogens with zero attached hydrogens (tertiary/aromatic N) is 3. The molecule has 4 rings (SSSR count). The molecule has 6 nitrogen and oxygen atoms in total. The number of hydrogen-bond acceptors (Lipinski definition) is 4. The van der Waals surface area contributed by atoms with Crippen LogP contribution in [0, 0.1) is 6.92 Å². The van der Waals surface area contributed by atoms with Crippen molar-refractivity contribution < 1.29 is 23.1 Å². The molecular weight excluding hydrogens is 409 g/mol. The molecule has 1 saturated heterocycles. The number of aryl methyl sites for hydroxylation is 1. The first-order valence-electron chi connectivity index (χ1n) is 10.2. The first-order chi connectivity index (χ1) is 14.6. The Morgan fingerprint density at radius 2 is 1.94 bits per heavy atom. The molecular formula is C22H25F3N4O2. The van der Waals surface area contributed by atoms with Crippen LogP contribution in [-0.2, 0) is 11.0 Å². The maximum absolute atomic E-state index is 13.0. The standard InChI is InChI=1S/C20H19F3N4O2.C2H6/c1-10-7-13(20(21,22)23)8-16(28)18(10)14-4-3-12-9-27(26-19(12)25-14)15-5-6-17(29)24-11(15)2;1-2/h3-4,7-9,11,15,28H,5-6H2,1-2H3,(H,24,29);1-2H3. The number of amides is 1. The molecule has 166 valence electrons. The zero-order chi connectivity index (χ0) is 22.9. The number of carbonyl (C=O) groups is 1. The zero-order valence-corrected chi connectivity index (χ0v) is 17.8. The summed E-state index contributed by atoms with van der Waals surface area (Å²) in [6, 6.07) is 5.03. The highest BCUT2D eigenvalue weighted by atomic mass is 19.4. The molecule has 1 aliphatic rings. The zero-order valence-electron chi connectivity index (χ0n) is 17.8. The third-order valence-electron chi connectivity index (χ3n) is 5.26. The van der Waals surface area contributed by atoms with E-state index < -0.39 is 17.5 Å². The molecule has 0 bridgehead atoms. The summed E-state index contributed by atoms with van der Waals surface area (Å²) in [5.74, 6) is -0.466. The number of carbonyl (C=O) groups excluding carboxylic acids is 1. The van der Waals surface area contributed by atoms with Gasteiger partial charge in [0.15, 0.2) is 5.65 Å². The van der Waals surface area contributed by atoms with Gasteiger partial charge < -0.3 is 10.4 Å². The van der Waals surface area contributed by atoms with Gasteiger partial charge in [-0.05, 0) is 50.1 Å². The number of hydrogen-bond donors (Lipinski definition) is 2. The summed E-state index contributed by atoms with van der Waals surface area (Å²) in [4.78, 5) is 16.0. The summed E-state index contributed by atoms with van der Waals surface area (Å²) in [7, 11) is 0. The van der Waals surface area contributed by atoms with Crippen LogP contribution in [0.3, 0.4) is 0 Å². The molecule has 3 aromatic rings. The molecule has 2 atom stereocenters. The summed E-state index contributed by atoms with van der Waals surface area (Å²) in [5.41, 5.74) is 0.372. The summed E-state index contributed by atoms with van der Waals surface area (Å²) in [6.07, 6.45) is -1.62. The van der Waals surface area contributed by atoms with E-state index in [-0.39, 0.29) is 29.1 Å². The van der Waals surface area contributed by atoms with E-state index in [1.54, 1.807) is 16.8 Å². The van der Waals surface area contributed by atoms with Gasteiger partial charge in [0, 0.05) is 29.6 Å². The smallest absolute Gasteiger partial charge is 0.416 e. The Morgan fingerprint density at radius 1 is 1.23 bits per heavy atom. The van der Waals surface area contributed by atoms with Gasteiger partial charge >= 0.3 is 6.18 Å². The van der Waals surface area contributed by atoms with Gasteiger partial charge in [-0.1, -0.05) is 13.8 Å². The predicted molar refractivity (Wildman–Crippen MR) is 112 cm³/mol. The minimum absolute atomic E-state index is 0.00782. The number of halogens is 3. The SMILES string of the molecule is CC.Cc1cc(C(F)(F)F)cc(O)c1-c1ccc2cn(C3CCC(=O)NC3C)nc2n1. The molecule has 2 unspecified atom stereocenters.